The van der Waals surface area contributed by atoms with Gasteiger partial charge in [0, 0.05) is 28.1 Å². The summed E-state index contributed by atoms with van der Waals surface area (Å²) in [6.07, 6.45) is 2.32. The Morgan fingerprint density at radius 1 is 1.35 bits per heavy atom. The quantitative estimate of drug-likeness (QED) is 0.708. The first-order valence-corrected chi connectivity index (χ1v) is 9.38. The zero-order valence-electron chi connectivity index (χ0n) is 14.9. The van der Waals surface area contributed by atoms with E-state index in [1.54, 1.807) is 17.8 Å². The van der Waals surface area contributed by atoms with Crippen molar-refractivity contribution in [2.45, 2.75) is 49.9 Å². The minimum absolute atomic E-state index is 0.0648. The van der Waals surface area contributed by atoms with Gasteiger partial charge >= 0.3 is 0 Å². The van der Waals surface area contributed by atoms with Crippen molar-refractivity contribution in [2.75, 3.05) is 11.5 Å². The number of hydrogen-bond acceptors (Lipinski definition) is 6. The van der Waals surface area contributed by atoms with Crippen molar-refractivity contribution in [3.05, 3.63) is 45.5 Å². The lowest BCUT2D eigenvalue weighted by Crippen LogP contribution is -2.34. The highest BCUT2D eigenvalue weighted by atomic mass is 32.2. The van der Waals surface area contributed by atoms with E-state index in [-0.39, 0.29) is 23.7 Å². The number of aryl methyl sites for hydroxylation is 2. The van der Waals surface area contributed by atoms with Crippen molar-refractivity contribution < 1.29 is 4.79 Å². The van der Waals surface area contributed by atoms with Crippen molar-refractivity contribution in [1.82, 2.24) is 14.9 Å². The maximum Gasteiger partial charge on any atom is 0.275 e. The van der Waals surface area contributed by atoms with Crippen molar-refractivity contribution in [3.8, 4) is 0 Å². The fraction of sp³-hybridized carbons (Fsp3) is 0.389. The molecule has 0 saturated heterocycles. The molecule has 1 aliphatic carbocycles. The number of carbonyl (C=O) groups excluding carboxylic acids is 1. The van der Waals surface area contributed by atoms with Crippen molar-refractivity contribution in [3.63, 3.8) is 0 Å². The highest BCUT2D eigenvalue weighted by Crippen LogP contribution is 2.40. The number of nitrogens with zero attached hydrogens (tertiary/aromatic N) is 2. The molecule has 1 amide bonds. The van der Waals surface area contributed by atoms with Crippen LogP contribution in [0, 0.1) is 13.8 Å². The number of carbonyl (C=O) groups is 1. The Labute approximate surface area is 156 Å². The van der Waals surface area contributed by atoms with E-state index in [4.69, 9.17) is 11.5 Å². The van der Waals surface area contributed by atoms with Gasteiger partial charge in [-0.3, -0.25) is 9.59 Å². The molecular weight excluding hydrogens is 350 g/mol. The van der Waals surface area contributed by atoms with E-state index in [0.29, 0.717) is 17.6 Å². The first-order chi connectivity index (χ1) is 12.3. The molecule has 2 aromatic rings. The molecule has 7 nitrogen and oxygen atoms in total. The zero-order valence-corrected chi connectivity index (χ0v) is 15.7. The predicted octanol–water partition coefficient (Wildman–Crippen LogP) is 1.60. The summed E-state index contributed by atoms with van der Waals surface area (Å²) in [6.45, 7) is 3.92. The number of amides is 1. The first-order valence-electron chi connectivity index (χ1n) is 8.50. The van der Waals surface area contributed by atoms with Crippen LogP contribution in [0.5, 0.6) is 0 Å². The summed E-state index contributed by atoms with van der Waals surface area (Å²) in [4.78, 5) is 29.8. The second-order valence-corrected chi connectivity index (χ2v) is 7.87. The molecular formula is C18H23N5O2S. The molecule has 2 aromatic heterocycles. The summed E-state index contributed by atoms with van der Waals surface area (Å²) in [5.74, 6) is 0.188. The number of hydrogen-bond donors (Lipinski definition) is 3. The number of thioether (sulfide) groups is 1. The Morgan fingerprint density at radius 3 is 2.73 bits per heavy atom. The van der Waals surface area contributed by atoms with Crippen LogP contribution in [0.25, 0.3) is 0 Å². The Hall–Kier alpha value is -2.48. The summed E-state index contributed by atoms with van der Waals surface area (Å²) in [7, 11) is 0. The normalized spacial score (nSPS) is 13.6. The summed E-state index contributed by atoms with van der Waals surface area (Å²) in [5, 5.41) is 3.38. The van der Waals surface area contributed by atoms with Gasteiger partial charge in [-0.25, -0.2) is 4.98 Å². The van der Waals surface area contributed by atoms with Crippen LogP contribution in [-0.4, -0.2) is 20.7 Å². The van der Waals surface area contributed by atoms with E-state index in [1.165, 1.54) is 4.57 Å². The third kappa shape index (κ3) is 4.19. The second kappa shape index (κ2) is 7.41. The molecule has 0 aromatic carbocycles. The molecule has 0 spiro atoms. The Balaban J connectivity index is 1.68. The van der Waals surface area contributed by atoms with E-state index in [1.807, 2.05) is 26.0 Å². The smallest absolute Gasteiger partial charge is 0.275 e. The van der Waals surface area contributed by atoms with Crippen LogP contribution in [-0.2, 0) is 17.9 Å². The molecule has 0 unspecified atom stereocenters. The third-order valence-corrected chi connectivity index (χ3v) is 5.72. The molecule has 5 N–H and O–H groups in total. The molecule has 0 aliphatic heterocycles. The van der Waals surface area contributed by atoms with E-state index in [2.05, 4.69) is 10.3 Å². The van der Waals surface area contributed by atoms with Gasteiger partial charge < -0.3 is 21.4 Å². The number of nitrogen functional groups attached to an aromatic ring is 2. The van der Waals surface area contributed by atoms with Gasteiger partial charge in [-0.15, -0.1) is 11.8 Å². The number of anilines is 2. The summed E-state index contributed by atoms with van der Waals surface area (Å²) >= 11 is 1.65. The molecule has 0 atom stereocenters. The van der Waals surface area contributed by atoms with Gasteiger partial charge in [-0.1, -0.05) is 6.07 Å². The Kier molecular flexibility index (Phi) is 5.22. The molecule has 26 heavy (non-hydrogen) atoms. The van der Waals surface area contributed by atoms with Crippen molar-refractivity contribution in [2.24, 2.45) is 0 Å². The number of pyridine rings is 2. The third-order valence-electron chi connectivity index (χ3n) is 4.32. The maximum atomic E-state index is 12.5. The van der Waals surface area contributed by atoms with Crippen molar-refractivity contribution >= 4 is 29.2 Å². The topological polar surface area (TPSA) is 116 Å². The molecule has 3 rings (SSSR count). The summed E-state index contributed by atoms with van der Waals surface area (Å²) in [5.41, 5.74) is 13.9. The lowest BCUT2D eigenvalue weighted by atomic mass is 10.2. The molecule has 2 heterocycles. The van der Waals surface area contributed by atoms with Crippen LogP contribution in [0.4, 0.5) is 11.5 Å². The largest absolute Gasteiger partial charge is 0.393 e. The molecule has 138 valence electrons. The molecule has 1 aliphatic rings. The van der Waals surface area contributed by atoms with Crippen molar-refractivity contribution in [1.29, 1.82) is 0 Å². The van der Waals surface area contributed by atoms with Gasteiger partial charge in [0.2, 0.25) is 5.91 Å². The van der Waals surface area contributed by atoms with Gasteiger partial charge in [0.1, 0.15) is 18.1 Å². The molecule has 0 bridgehead atoms. The van der Waals surface area contributed by atoms with Gasteiger partial charge in [0.05, 0.1) is 0 Å². The van der Waals surface area contributed by atoms with Gasteiger partial charge in [-0.2, -0.15) is 0 Å². The average Bonchev–Trinajstić information content (AvgIpc) is 3.39. The number of nitrogens with two attached hydrogens (primary N) is 2. The number of aromatic nitrogens is 2. The monoisotopic (exact) mass is 373 g/mol. The minimum Gasteiger partial charge on any atom is -0.393 e. The zero-order chi connectivity index (χ0) is 18.8. The first kappa shape index (κ1) is 18.3. The molecule has 1 saturated carbocycles. The maximum absolute atomic E-state index is 12.5. The molecule has 0 radical (unpaired) electrons. The van der Waals surface area contributed by atoms with E-state index in [9.17, 15) is 9.59 Å². The second-order valence-electron chi connectivity index (χ2n) is 6.53. The fourth-order valence-corrected chi connectivity index (χ4v) is 3.79. The van der Waals surface area contributed by atoms with Crippen LogP contribution in [0.2, 0.25) is 0 Å². The van der Waals surface area contributed by atoms with Crippen LogP contribution < -0.4 is 22.3 Å². The lowest BCUT2D eigenvalue weighted by molar-refractivity contribution is -0.121. The number of rotatable bonds is 6. The van der Waals surface area contributed by atoms with Crippen LogP contribution in [0.15, 0.2) is 27.9 Å². The SMILES string of the molecule is Cc1nc(N)ccc1CNC(=O)Cn1c(C)cc(SC2CC2)c(N)c1=O. The van der Waals surface area contributed by atoms with Crippen LogP contribution in [0.1, 0.15) is 29.8 Å². The van der Waals surface area contributed by atoms with E-state index < -0.39 is 0 Å². The number of nitrogens with one attached hydrogen (secondary N) is 1. The fourth-order valence-electron chi connectivity index (χ4n) is 2.61. The molecule has 8 heteroatoms. The standard InChI is InChI=1S/C18H23N5O2S/c1-10-7-14(26-13-4-5-13)17(20)18(25)23(10)9-16(24)21-8-12-3-6-15(19)22-11(12)2/h3,6-7,13H,4-5,8-9,20H2,1-2H3,(H2,19,22)(H,21,24). The predicted molar refractivity (Wildman–Crippen MR) is 104 cm³/mol. The minimum atomic E-state index is -0.311. The van der Waals surface area contributed by atoms with E-state index in [0.717, 1.165) is 34.7 Å². The molecule has 1 fully saturated rings. The summed E-state index contributed by atoms with van der Waals surface area (Å²) in [6, 6.07) is 5.42. The Bertz CT molecular complexity index is 905. The van der Waals surface area contributed by atoms with Crippen LogP contribution in [0.3, 0.4) is 0 Å². The lowest BCUT2D eigenvalue weighted by Gasteiger charge is -2.14. The highest BCUT2D eigenvalue weighted by molar-refractivity contribution is 8.00. The average molecular weight is 373 g/mol. The van der Waals surface area contributed by atoms with Gasteiger partial charge in [0.15, 0.2) is 0 Å². The highest BCUT2D eigenvalue weighted by Gasteiger charge is 2.25. The van der Waals surface area contributed by atoms with Gasteiger partial charge in [-0.05, 0) is 44.4 Å². The van der Waals surface area contributed by atoms with Gasteiger partial charge in [0.25, 0.3) is 5.56 Å². The Morgan fingerprint density at radius 2 is 2.08 bits per heavy atom. The summed E-state index contributed by atoms with van der Waals surface area (Å²) < 4.78 is 1.41. The van der Waals surface area contributed by atoms with Crippen LogP contribution >= 0.6 is 11.8 Å². The van der Waals surface area contributed by atoms with E-state index >= 15 is 0 Å².